The van der Waals surface area contributed by atoms with Crippen molar-refractivity contribution >= 4 is 0 Å². The Labute approximate surface area is 425 Å². The topological polar surface area (TPSA) is 68.2 Å². The maximum atomic E-state index is 10.2. The van der Waals surface area contributed by atoms with Crippen LogP contribution in [0, 0.1) is 0 Å². The lowest BCUT2D eigenvalue weighted by Gasteiger charge is -2.21. The Morgan fingerprint density at radius 3 is 0.676 bits per heavy atom. The Hall–Kier alpha value is -1.46. The smallest absolute Gasteiger partial charge is 0.203 e. The van der Waals surface area contributed by atoms with E-state index in [1.807, 2.05) is 12.1 Å². The minimum Gasteiger partial charge on any atom is -0.490 e. The van der Waals surface area contributed by atoms with Crippen molar-refractivity contribution in [1.29, 1.82) is 0 Å². The summed E-state index contributed by atoms with van der Waals surface area (Å²) in [6.45, 7) is 8.58. The monoisotopic (exact) mass is 957 g/mol. The second-order valence-electron chi connectivity index (χ2n) is 21.4. The first kappa shape index (κ1) is 64.6. The lowest BCUT2D eigenvalue weighted by molar-refractivity contribution is 0.191. The van der Waals surface area contributed by atoms with Crippen LogP contribution in [0.3, 0.4) is 0 Å². The summed E-state index contributed by atoms with van der Waals surface area (Å²) in [6.07, 6.45) is 64.8. The number of benzene rings is 1. The van der Waals surface area contributed by atoms with Gasteiger partial charge < -0.3 is 24.4 Å². The van der Waals surface area contributed by atoms with Gasteiger partial charge in [0.25, 0.3) is 0 Å². The molecule has 0 radical (unpaired) electrons. The van der Waals surface area contributed by atoms with Crippen LogP contribution in [0.5, 0.6) is 17.2 Å². The lowest BCUT2D eigenvalue weighted by atomic mass is 10.00. The van der Waals surface area contributed by atoms with Gasteiger partial charge >= 0.3 is 0 Å². The Bertz CT molecular complexity index is 1060. The van der Waals surface area contributed by atoms with Crippen molar-refractivity contribution in [3.8, 4) is 17.2 Å². The zero-order chi connectivity index (χ0) is 48.9. The SMILES string of the molecule is CCCCCCCCCCCCCCCCCCOc1cc(C(CO)CO)cc(OCCCCCCCCCCCCCCCCCC)c1OCCCCCCCCCCCCCCCCCC. The van der Waals surface area contributed by atoms with Crippen LogP contribution in [0.25, 0.3) is 0 Å². The highest BCUT2D eigenvalue weighted by Crippen LogP contribution is 2.41. The fourth-order valence-corrected chi connectivity index (χ4v) is 9.95. The van der Waals surface area contributed by atoms with E-state index in [-0.39, 0.29) is 19.1 Å². The summed E-state index contributed by atoms with van der Waals surface area (Å²) >= 11 is 0. The van der Waals surface area contributed by atoms with Gasteiger partial charge in [0.15, 0.2) is 11.5 Å². The molecule has 0 heterocycles. The molecule has 0 spiro atoms. The summed E-state index contributed by atoms with van der Waals surface area (Å²) in [5.74, 6) is 1.74. The van der Waals surface area contributed by atoms with E-state index in [0.717, 1.165) is 24.8 Å². The summed E-state index contributed by atoms with van der Waals surface area (Å²) in [7, 11) is 0. The number of rotatable bonds is 57. The molecule has 402 valence electrons. The fraction of sp³-hybridized carbons (Fsp3) is 0.905. The molecule has 1 aromatic rings. The first-order valence-corrected chi connectivity index (χ1v) is 31.0. The van der Waals surface area contributed by atoms with Crippen molar-refractivity contribution in [2.24, 2.45) is 0 Å². The van der Waals surface area contributed by atoms with Crippen LogP contribution < -0.4 is 14.2 Å². The molecule has 0 unspecified atom stereocenters. The maximum Gasteiger partial charge on any atom is 0.203 e. The molecule has 2 N–H and O–H groups in total. The zero-order valence-corrected chi connectivity index (χ0v) is 46.3. The summed E-state index contributed by atoms with van der Waals surface area (Å²) in [4.78, 5) is 0. The third-order valence-corrected chi connectivity index (χ3v) is 14.7. The second-order valence-corrected chi connectivity index (χ2v) is 21.4. The zero-order valence-electron chi connectivity index (χ0n) is 46.3. The largest absolute Gasteiger partial charge is 0.490 e. The number of aliphatic hydroxyl groups is 2. The molecule has 0 saturated carbocycles. The summed E-state index contributed by atoms with van der Waals surface area (Å²) in [5, 5.41) is 20.4. The van der Waals surface area contributed by atoms with Gasteiger partial charge in [-0.2, -0.15) is 0 Å². The Kier molecular flexibility index (Phi) is 50.6. The number of aliphatic hydroxyl groups excluding tert-OH is 2. The molecule has 68 heavy (non-hydrogen) atoms. The lowest BCUT2D eigenvalue weighted by Crippen LogP contribution is -2.12. The van der Waals surface area contributed by atoms with E-state index >= 15 is 0 Å². The van der Waals surface area contributed by atoms with Crippen molar-refractivity contribution in [3.63, 3.8) is 0 Å². The highest BCUT2D eigenvalue weighted by atomic mass is 16.5. The van der Waals surface area contributed by atoms with E-state index in [1.54, 1.807) is 0 Å². The molecule has 0 saturated heterocycles. The van der Waals surface area contributed by atoms with Crippen LogP contribution in [0.4, 0.5) is 0 Å². The molecule has 0 bridgehead atoms. The van der Waals surface area contributed by atoms with Gasteiger partial charge in [-0.15, -0.1) is 0 Å². The standard InChI is InChI=1S/C63H120O5/c1-4-7-10-13-16-19-22-25-28-31-34-37-40-43-46-49-52-66-61-55-59(60(57-64)58-65)56-62(67-53-50-47-44-41-38-35-32-29-26-23-20-17-14-11-8-5-2)63(61)68-54-51-48-45-42-39-36-33-30-27-24-21-18-15-12-9-6-3/h55-56,60,64-65H,4-54,57-58H2,1-3H3. The number of ether oxygens (including phenoxy) is 3. The predicted octanol–water partition coefficient (Wildman–Crippen LogP) is 20.7. The number of hydrogen-bond acceptors (Lipinski definition) is 5. The first-order valence-electron chi connectivity index (χ1n) is 31.0. The van der Waals surface area contributed by atoms with E-state index in [1.165, 1.54) is 289 Å². The Morgan fingerprint density at radius 2 is 0.471 bits per heavy atom. The van der Waals surface area contributed by atoms with E-state index < -0.39 is 0 Å². The average molecular weight is 958 g/mol. The quantitative estimate of drug-likeness (QED) is 0.0637. The molecule has 0 aliphatic rings. The highest BCUT2D eigenvalue weighted by molar-refractivity contribution is 5.54. The molecule has 0 atom stereocenters. The predicted molar refractivity (Wildman–Crippen MR) is 298 cm³/mol. The van der Waals surface area contributed by atoms with Crippen molar-refractivity contribution in [1.82, 2.24) is 0 Å². The van der Waals surface area contributed by atoms with Crippen molar-refractivity contribution in [2.75, 3.05) is 33.0 Å². The van der Waals surface area contributed by atoms with E-state index in [4.69, 9.17) is 14.2 Å². The molecule has 0 aromatic heterocycles. The van der Waals surface area contributed by atoms with E-state index in [0.29, 0.717) is 37.1 Å². The van der Waals surface area contributed by atoms with Crippen LogP contribution in [-0.2, 0) is 0 Å². The molecular formula is C63H120O5. The van der Waals surface area contributed by atoms with Gasteiger partial charge in [0.05, 0.1) is 33.0 Å². The summed E-state index contributed by atoms with van der Waals surface area (Å²) in [5.41, 5.74) is 0.855. The van der Waals surface area contributed by atoms with Gasteiger partial charge in [-0.1, -0.05) is 310 Å². The third-order valence-electron chi connectivity index (χ3n) is 14.7. The Morgan fingerprint density at radius 1 is 0.279 bits per heavy atom. The van der Waals surface area contributed by atoms with E-state index in [9.17, 15) is 10.2 Å². The molecule has 5 heteroatoms. The molecule has 5 nitrogen and oxygen atoms in total. The molecule has 0 aliphatic heterocycles. The van der Waals surface area contributed by atoms with Gasteiger partial charge in [-0.3, -0.25) is 0 Å². The molecule has 0 amide bonds. The molecule has 0 fully saturated rings. The van der Waals surface area contributed by atoms with Crippen LogP contribution in [0.15, 0.2) is 12.1 Å². The van der Waals surface area contributed by atoms with Gasteiger partial charge in [0, 0.05) is 5.92 Å². The first-order chi connectivity index (χ1) is 33.7. The van der Waals surface area contributed by atoms with Crippen LogP contribution in [0.2, 0.25) is 0 Å². The minimum atomic E-state index is -0.375. The molecule has 1 aromatic carbocycles. The Balaban J connectivity index is 2.56. The molecule has 1 rings (SSSR count). The molecule has 0 aliphatic carbocycles. The van der Waals surface area contributed by atoms with Gasteiger partial charge in [-0.25, -0.2) is 0 Å². The number of unbranched alkanes of at least 4 members (excludes halogenated alkanes) is 45. The van der Waals surface area contributed by atoms with Gasteiger partial charge in [0.2, 0.25) is 5.75 Å². The number of hydrogen-bond donors (Lipinski definition) is 2. The summed E-state index contributed by atoms with van der Waals surface area (Å²) < 4.78 is 19.6. The fourth-order valence-electron chi connectivity index (χ4n) is 9.95. The van der Waals surface area contributed by atoms with Crippen molar-refractivity contribution in [3.05, 3.63) is 17.7 Å². The average Bonchev–Trinajstić information content (AvgIpc) is 3.35. The second kappa shape index (κ2) is 53.3. The van der Waals surface area contributed by atoms with Crippen molar-refractivity contribution < 1.29 is 24.4 Å². The van der Waals surface area contributed by atoms with Gasteiger partial charge in [-0.05, 0) is 37.0 Å². The van der Waals surface area contributed by atoms with Crippen molar-refractivity contribution in [2.45, 2.75) is 335 Å². The minimum absolute atomic E-state index is 0.118. The van der Waals surface area contributed by atoms with Crippen LogP contribution in [-0.4, -0.2) is 43.2 Å². The molecular weight excluding hydrogens is 837 g/mol. The van der Waals surface area contributed by atoms with E-state index in [2.05, 4.69) is 20.8 Å². The third kappa shape index (κ3) is 41.2. The summed E-state index contributed by atoms with van der Waals surface area (Å²) in [6, 6.07) is 3.99. The maximum absolute atomic E-state index is 10.2. The van der Waals surface area contributed by atoms with Crippen LogP contribution in [0.1, 0.15) is 340 Å². The van der Waals surface area contributed by atoms with Crippen LogP contribution >= 0.6 is 0 Å². The normalized spacial score (nSPS) is 11.6. The highest BCUT2D eigenvalue weighted by Gasteiger charge is 2.20. The van der Waals surface area contributed by atoms with Gasteiger partial charge in [0.1, 0.15) is 0 Å².